The lowest BCUT2D eigenvalue weighted by Gasteiger charge is -2.32. The van der Waals surface area contributed by atoms with Gasteiger partial charge in [0.05, 0.1) is 17.5 Å². The Kier molecular flexibility index (Phi) is 4.87. The number of nitrogens with two attached hydrogens (primary N) is 1. The third kappa shape index (κ3) is 3.43. The Labute approximate surface area is 182 Å². The first-order valence-corrected chi connectivity index (χ1v) is 10.7. The second kappa shape index (κ2) is 7.71. The minimum Gasteiger partial charge on any atom is -0.495 e. The first-order valence-electron chi connectivity index (χ1n) is 9.93. The Morgan fingerprint density at radius 3 is 2.81 bits per heavy atom. The number of benzene rings is 1. The van der Waals surface area contributed by atoms with Gasteiger partial charge in [-0.05, 0) is 23.6 Å². The van der Waals surface area contributed by atoms with Crippen molar-refractivity contribution in [2.45, 2.75) is 6.54 Å². The van der Waals surface area contributed by atoms with Crippen molar-refractivity contribution in [1.82, 2.24) is 24.4 Å². The van der Waals surface area contributed by atoms with E-state index >= 15 is 0 Å². The van der Waals surface area contributed by atoms with Crippen LogP contribution in [0.4, 0.5) is 10.6 Å². The zero-order valence-electron chi connectivity index (χ0n) is 17.0. The van der Waals surface area contributed by atoms with Crippen LogP contribution >= 0.6 is 11.3 Å². The average molecular weight is 439 g/mol. The number of piperazine rings is 1. The molecule has 1 fully saturated rings. The topological polar surface area (TPSA) is 109 Å². The fourth-order valence-electron chi connectivity index (χ4n) is 4.09. The maximum absolute atomic E-state index is 11.2. The summed E-state index contributed by atoms with van der Waals surface area (Å²) in [5.74, 6) is 1.27. The van der Waals surface area contributed by atoms with Gasteiger partial charge in [0.2, 0.25) is 0 Å². The normalized spacial score (nSPS) is 15.1. The Bertz CT molecular complexity index is 1280. The second-order valence-electron chi connectivity index (χ2n) is 7.49. The number of carboxylic acid groups (broad SMARTS) is 1. The SMILES string of the molecule is COc1cccc2cc(-c3cc(CN4CCN(C(=O)O)CC4)n4ncnc(N)c34)sc12. The van der Waals surface area contributed by atoms with Crippen molar-refractivity contribution < 1.29 is 14.6 Å². The van der Waals surface area contributed by atoms with Crippen LogP contribution < -0.4 is 10.5 Å². The largest absolute Gasteiger partial charge is 0.495 e. The molecule has 4 aromatic rings. The molecule has 9 nitrogen and oxygen atoms in total. The quantitative estimate of drug-likeness (QED) is 0.504. The van der Waals surface area contributed by atoms with E-state index in [1.54, 1.807) is 18.4 Å². The molecule has 0 aliphatic carbocycles. The van der Waals surface area contributed by atoms with E-state index in [4.69, 9.17) is 10.5 Å². The summed E-state index contributed by atoms with van der Waals surface area (Å²) in [7, 11) is 1.68. The lowest BCUT2D eigenvalue weighted by Crippen LogP contribution is -2.47. The monoisotopic (exact) mass is 438 g/mol. The fraction of sp³-hybridized carbons (Fsp3) is 0.286. The molecule has 3 N–H and O–H groups in total. The van der Waals surface area contributed by atoms with Gasteiger partial charge in [-0.3, -0.25) is 4.90 Å². The van der Waals surface area contributed by atoms with Gasteiger partial charge in [-0.15, -0.1) is 11.3 Å². The van der Waals surface area contributed by atoms with Gasteiger partial charge in [0.25, 0.3) is 0 Å². The molecular weight excluding hydrogens is 416 g/mol. The summed E-state index contributed by atoms with van der Waals surface area (Å²) in [5.41, 5.74) is 9.03. The van der Waals surface area contributed by atoms with Gasteiger partial charge < -0.3 is 20.5 Å². The molecule has 10 heteroatoms. The van der Waals surface area contributed by atoms with Crippen molar-refractivity contribution in [2.24, 2.45) is 0 Å². The van der Waals surface area contributed by atoms with Gasteiger partial charge >= 0.3 is 6.09 Å². The van der Waals surface area contributed by atoms with E-state index in [0.29, 0.717) is 38.5 Å². The number of rotatable bonds is 4. The molecule has 3 aromatic heterocycles. The summed E-state index contributed by atoms with van der Waals surface area (Å²) >= 11 is 1.65. The Hall–Kier alpha value is -3.37. The van der Waals surface area contributed by atoms with Crippen molar-refractivity contribution in [3.8, 4) is 16.2 Å². The standard InChI is InChI=1S/C21H22N6O3S/c1-30-16-4-2-3-13-9-17(31-19(13)16)15-10-14(27-18(15)20(22)23-12-24-27)11-25-5-7-26(8-6-25)21(28)29/h2-4,9-10,12H,5-8,11H2,1H3,(H,28,29)(H2,22,23,24). The van der Waals surface area contributed by atoms with Crippen LogP contribution in [-0.4, -0.2) is 68.9 Å². The highest BCUT2D eigenvalue weighted by Crippen LogP contribution is 2.41. The zero-order valence-corrected chi connectivity index (χ0v) is 17.8. The highest BCUT2D eigenvalue weighted by atomic mass is 32.1. The number of amides is 1. The van der Waals surface area contributed by atoms with E-state index < -0.39 is 6.09 Å². The molecule has 4 heterocycles. The lowest BCUT2D eigenvalue weighted by molar-refractivity contribution is 0.102. The molecule has 1 aliphatic heterocycles. The first-order chi connectivity index (χ1) is 15.0. The smallest absolute Gasteiger partial charge is 0.407 e. The molecular formula is C21H22N6O3S. The third-order valence-electron chi connectivity index (χ3n) is 5.68. The minimum absolute atomic E-state index is 0.427. The maximum Gasteiger partial charge on any atom is 0.407 e. The van der Waals surface area contributed by atoms with Crippen molar-refractivity contribution in [3.63, 3.8) is 0 Å². The molecule has 0 radical (unpaired) electrons. The minimum atomic E-state index is -0.865. The molecule has 5 rings (SSSR count). The summed E-state index contributed by atoms with van der Waals surface area (Å²) in [5, 5.41) is 14.7. The van der Waals surface area contributed by atoms with Crippen LogP contribution in [0.15, 0.2) is 36.7 Å². The second-order valence-corrected chi connectivity index (χ2v) is 8.54. The van der Waals surface area contributed by atoms with Crippen molar-refractivity contribution in [2.75, 3.05) is 39.0 Å². The van der Waals surface area contributed by atoms with Crippen LogP contribution in [0.2, 0.25) is 0 Å². The molecule has 1 aromatic carbocycles. The number of aromatic nitrogens is 3. The number of hydrogen-bond acceptors (Lipinski definition) is 7. The third-order valence-corrected chi connectivity index (χ3v) is 6.88. The van der Waals surface area contributed by atoms with Gasteiger partial charge in [-0.25, -0.2) is 14.3 Å². The van der Waals surface area contributed by atoms with Gasteiger partial charge in [0, 0.05) is 43.2 Å². The number of hydrogen-bond donors (Lipinski definition) is 2. The van der Waals surface area contributed by atoms with Gasteiger partial charge in [-0.1, -0.05) is 12.1 Å². The molecule has 0 spiro atoms. The number of carbonyl (C=O) groups is 1. The summed E-state index contributed by atoms with van der Waals surface area (Å²) < 4.78 is 8.46. The number of fused-ring (bicyclic) bond motifs is 2. The van der Waals surface area contributed by atoms with Crippen LogP contribution in [0, 0.1) is 0 Å². The molecule has 31 heavy (non-hydrogen) atoms. The van der Waals surface area contributed by atoms with E-state index in [-0.39, 0.29) is 0 Å². The molecule has 0 unspecified atom stereocenters. The van der Waals surface area contributed by atoms with E-state index in [1.165, 1.54) is 11.2 Å². The number of nitrogens with zero attached hydrogens (tertiary/aromatic N) is 5. The Morgan fingerprint density at radius 2 is 2.06 bits per heavy atom. The summed E-state index contributed by atoms with van der Waals surface area (Å²) in [6.07, 6.45) is 0.599. The Morgan fingerprint density at radius 1 is 1.26 bits per heavy atom. The van der Waals surface area contributed by atoms with Crippen LogP contribution in [0.3, 0.4) is 0 Å². The highest BCUT2D eigenvalue weighted by Gasteiger charge is 2.23. The van der Waals surface area contributed by atoms with Crippen LogP contribution in [0.5, 0.6) is 5.75 Å². The van der Waals surface area contributed by atoms with Gasteiger partial charge in [0.1, 0.15) is 17.6 Å². The molecule has 1 saturated heterocycles. The molecule has 0 bridgehead atoms. The average Bonchev–Trinajstić information content (AvgIpc) is 3.36. The van der Waals surface area contributed by atoms with Crippen LogP contribution in [-0.2, 0) is 6.54 Å². The number of anilines is 1. The summed E-state index contributed by atoms with van der Waals surface area (Å²) in [6, 6.07) is 10.3. The molecule has 160 valence electrons. The number of ether oxygens (including phenoxy) is 1. The van der Waals surface area contributed by atoms with E-state index in [2.05, 4.69) is 33.2 Å². The van der Waals surface area contributed by atoms with Gasteiger partial charge in [0.15, 0.2) is 5.82 Å². The predicted octanol–water partition coefficient (Wildman–Crippen LogP) is 3.00. The van der Waals surface area contributed by atoms with E-state index in [1.807, 2.05) is 16.6 Å². The van der Waals surface area contributed by atoms with Crippen LogP contribution in [0.1, 0.15) is 5.69 Å². The highest BCUT2D eigenvalue weighted by molar-refractivity contribution is 7.22. The van der Waals surface area contributed by atoms with Crippen molar-refractivity contribution >= 4 is 38.9 Å². The van der Waals surface area contributed by atoms with E-state index in [9.17, 15) is 9.90 Å². The fourth-order valence-corrected chi connectivity index (χ4v) is 5.26. The Balaban J connectivity index is 1.54. The van der Waals surface area contributed by atoms with E-state index in [0.717, 1.165) is 37.5 Å². The van der Waals surface area contributed by atoms with Gasteiger partial charge in [-0.2, -0.15) is 5.10 Å². The lowest BCUT2D eigenvalue weighted by atomic mass is 10.2. The number of thiophene rings is 1. The van der Waals surface area contributed by atoms with Crippen molar-refractivity contribution in [1.29, 1.82) is 0 Å². The molecule has 1 amide bonds. The summed E-state index contributed by atoms with van der Waals surface area (Å²) in [4.78, 5) is 20.1. The van der Waals surface area contributed by atoms with Crippen molar-refractivity contribution in [3.05, 3.63) is 42.4 Å². The predicted molar refractivity (Wildman–Crippen MR) is 120 cm³/mol. The molecule has 1 aliphatic rings. The maximum atomic E-state index is 11.2. The summed E-state index contributed by atoms with van der Waals surface area (Å²) in [6.45, 7) is 3.00. The zero-order chi connectivity index (χ0) is 21.5. The molecule has 0 atom stereocenters. The van der Waals surface area contributed by atoms with Crippen LogP contribution in [0.25, 0.3) is 26.0 Å². The number of methoxy groups -OCH3 is 1. The number of nitrogen functional groups attached to an aromatic ring is 1. The first kappa shape index (κ1) is 19.6. The molecule has 0 saturated carbocycles.